The van der Waals surface area contributed by atoms with Gasteiger partial charge in [-0.05, 0) is 60.2 Å². The van der Waals surface area contributed by atoms with E-state index in [9.17, 15) is 0 Å². The smallest absolute Gasteiger partial charge is 0.0292 e. The Morgan fingerprint density at radius 2 is 1.46 bits per heavy atom. The van der Waals surface area contributed by atoms with Gasteiger partial charge in [-0.2, -0.15) is 0 Å². The molecule has 7 atom stereocenters. The quantitative estimate of drug-likeness (QED) is 0.460. The SMILES string of the molecule is CCCC1(C)CC1C1C(C)C1CC1CCCCCCCCCC(C)CC1. The molecule has 26 heavy (non-hydrogen) atoms. The molecule has 0 amide bonds. The molecule has 3 fully saturated rings. The minimum atomic E-state index is 0.738. The Kier molecular flexibility index (Phi) is 7.55. The molecule has 0 aromatic carbocycles. The van der Waals surface area contributed by atoms with Gasteiger partial charge in [0.05, 0.1) is 0 Å². The molecule has 0 aromatic heterocycles. The summed E-state index contributed by atoms with van der Waals surface area (Å²) in [6, 6.07) is 0. The molecule has 0 N–H and O–H groups in total. The molecule has 0 heterocycles. The molecule has 0 radical (unpaired) electrons. The molecule has 0 aliphatic heterocycles. The first kappa shape index (κ1) is 20.7. The second kappa shape index (κ2) is 9.47. The van der Waals surface area contributed by atoms with Gasteiger partial charge < -0.3 is 0 Å². The molecule has 152 valence electrons. The average Bonchev–Trinajstić information content (AvgIpc) is 3.45. The van der Waals surface area contributed by atoms with Crippen molar-refractivity contribution in [2.75, 3.05) is 0 Å². The van der Waals surface area contributed by atoms with E-state index in [-0.39, 0.29) is 0 Å². The second-order valence-electron chi connectivity index (χ2n) is 11.2. The van der Waals surface area contributed by atoms with Crippen LogP contribution in [0.1, 0.15) is 124 Å². The van der Waals surface area contributed by atoms with E-state index >= 15 is 0 Å². The Morgan fingerprint density at radius 3 is 2.15 bits per heavy atom. The van der Waals surface area contributed by atoms with Gasteiger partial charge in [0.1, 0.15) is 0 Å². The summed E-state index contributed by atoms with van der Waals surface area (Å²) in [7, 11) is 0. The van der Waals surface area contributed by atoms with Crippen LogP contribution < -0.4 is 0 Å². The number of hydrogen-bond donors (Lipinski definition) is 0. The van der Waals surface area contributed by atoms with Gasteiger partial charge in [0.2, 0.25) is 0 Å². The molecule has 0 aromatic rings. The van der Waals surface area contributed by atoms with Crippen LogP contribution >= 0.6 is 0 Å². The van der Waals surface area contributed by atoms with E-state index in [1.54, 1.807) is 19.3 Å². The first-order chi connectivity index (χ1) is 12.5. The molecular weight excluding hydrogens is 312 g/mol. The maximum Gasteiger partial charge on any atom is -0.0292 e. The Morgan fingerprint density at radius 1 is 0.808 bits per heavy atom. The molecular formula is C26H48. The van der Waals surface area contributed by atoms with E-state index in [0.717, 1.165) is 40.9 Å². The van der Waals surface area contributed by atoms with Crippen LogP contribution in [0.3, 0.4) is 0 Å². The highest BCUT2D eigenvalue weighted by molar-refractivity contribution is 5.11. The van der Waals surface area contributed by atoms with Crippen LogP contribution in [0.2, 0.25) is 0 Å². The highest BCUT2D eigenvalue weighted by Gasteiger charge is 2.63. The fourth-order valence-electron chi connectivity index (χ4n) is 6.76. The molecule has 3 saturated carbocycles. The highest BCUT2D eigenvalue weighted by Crippen LogP contribution is 2.70. The third-order valence-electron chi connectivity index (χ3n) is 8.83. The van der Waals surface area contributed by atoms with Crippen molar-refractivity contribution < 1.29 is 0 Å². The summed E-state index contributed by atoms with van der Waals surface area (Å²) in [6.45, 7) is 10.1. The Bertz CT molecular complexity index is 412. The van der Waals surface area contributed by atoms with Crippen molar-refractivity contribution in [3.05, 3.63) is 0 Å². The zero-order chi connectivity index (χ0) is 18.6. The second-order valence-corrected chi connectivity index (χ2v) is 11.2. The number of hydrogen-bond acceptors (Lipinski definition) is 0. The minimum Gasteiger partial charge on any atom is -0.0654 e. The maximum atomic E-state index is 2.59. The largest absolute Gasteiger partial charge is 0.0654 e. The van der Waals surface area contributed by atoms with Crippen molar-refractivity contribution in [3.8, 4) is 0 Å². The lowest BCUT2D eigenvalue weighted by Crippen LogP contribution is -2.07. The normalized spacial score (nSPS) is 45.2. The van der Waals surface area contributed by atoms with E-state index in [1.165, 1.54) is 77.0 Å². The van der Waals surface area contributed by atoms with E-state index in [1.807, 2.05) is 0 Å². The van der Waals surface area contributed by atoms with Gasteiger partial charge in [0.25, 0.3) is 0 Å². The van der Waals surface area contributed by atoms with Crippen molar-refractivity contribution in [1.29, 1.82) is 0 Å². The van der Waals surface area contributed by atoms with Crippen LogP contribution in [-0.4, -0.2) is 0 Å². The zero-order valence-corrected chi connectivity index (χ0v) is 18.6. The van der Waals surface area contributed by atoms with Gasteiger partial charge in [-0.15, -0.1) is 0 Å². The Hall–Kier alpha value is 0. The Balaban J connectivity index is 1.48. The molecule has 0 bridgehead atoms. The predicted molar refractivity (Wildman–Crippen MR) is 115 cm³/mol. The van der Waals surface area contributed by atoms with Gasteiger partial charge in [-0.1, -0.05) is 105 Å². The average molecular weight is 361 g/mol. The third-order valence-corrected chi connectivity index (χ3v) is 8.83. The summed E-state index contributed by atoms with van der Waals surface area (Å²) < 4.78 is 0. The molecule has 0 nitrogen and oxygen atoms in total. The van der Waals surface area contributed by atoms with Crippen LogP contribution in [0.15, 0.2) is 0 Å². The van der Waals surface area contributed by atoms with Gasteiger partial charge >= 0.3 is 0 Å². The first-order valence-electron chi connectivity index (χ1n) is 12.5. The third kappa shape index (κ3) is 5.51. The predicted octanol–water partition coefficient (Wildman–Crippen LogP) is 8.64. The van der Waals surface area contributed by atoms with Crippen LogP contribution in [0.25, 0.3) is 0 Å². The topological polar surface area (TPSA) is 0 Å². The van der Waals surface area contributed by atoms with Gasteiger partial charge in [-0.3, -0.25) is 0 Å². The van der Waals surface area contributed by atoms with Crippen molar-refractivity contribution in [3.63, 3.8) is 0 Å². The first-order valence-corrected chi connectivity index (χ1v) is 12.5. The summed E-state index contributed by atoms with van der Waals surface area (Å²) in [6.07, 6.45) is 22.6. The zero-order valence-electron chi connectivity index (χ0n) is 18.6. The molecule has 7 unspecified atom stereocenters. The van der Waals surface area contributed by atoms with Crippen molar-refractivity contribution in [2.24, 2.45) is 40.9 Å². The Labute approximate surface area is 165 Å². The fourth-order valence-corrected chi connectivity index (χ4v) is 6.76. The van der Waals surface area contributed by atoms with Crippen LogP contribution in [0.4, 0.5) is 0 Å². The van der Waals surface area contributed by atoms with Crippen LogP contribution in [-0.2, 0) is 0 Å². The van der Waals surface area contributed by atoms with Crippen LogP contribution in [0, 0.1) is 40.9 Å². The number of rotatable bonds is 5. The summed E-state index contributed by atoms with van der Waals surface area (Å²) in [4.78, 5) is 0. The van der Waals surface area contributed by atoms with Crippen molar-refractivity contribution >= 4 is 0 Å². The van der Waals surface area contributed by atoms with Crippen molar-refractivity contribution in [2.45, 2.75) is 124 Å². The van der Waals surface area contributed by atoms with Crippen LogP contribution in [0.5, 0.6) is 0 Å². The van der Waals surface area contributed by atoms with E-state index < -0.39 is 0 Å². The summed E-state index contributed by atoms with van der Waals surface area (Å²) >= 11 is 0. The van der Waals surface area contributed by atoms with E-state index in [4.69, 9.17) is 0 Å². The maximum absolute atomic E-state index is 2.59. The molecule has 0 heteroatoms. The lowest BCUT2D eigenvalue weighted by molar-refractivity contribution is 0.323. The molecule has 3 aliphatic rings. The highest BCUT2D eigenvalue weighted by atomic mass is 14.7. The monoisotopic (exact) mass is 360 g/mol. The standard InChI is InChI=1S/C26H48/c1-5-17-26(4)19-24(26)25-21(3)23(25)18-22-14-12-10-8-6-7-9-11-13-20(2)15-16-22/h20-25H,5-19H2,1-4H3. The lowest BCUT2D eigenvalue weighted by Gasteiger charge is -2.20. The van der Waals surface area contributed by atoms with E-state index in [2.05, 4.69) is 27.7 Å². The summed E-state index contributed by atoms with van der Waals surface area (Å²) in [5.41, 5.74) is 0.738. The minimum absolute atomic E-state index is 0.738. The molecule has 3 aliphatic carbocycles. The molecule has 0 spiro atoms. The molecule has 0 saturated heterocycles. The summed E-state index contributed by atoms with van der Waals surface area (Å²) in [5.74, 6) is 6.36. The van der Waals surface area contributed by atoms with Gasteiger partial charge in [-0.25, -0.2) is 0 Å². The van der Waals surface area contributed by atoms with Gasteiger partial charge in [0.15, 0.2) is 0 Å². The fraction of sp³-hybridized carbons (Fsp3) is 1.00. The lowest BCUT2D eigenvalue weighted by atomic mass is 9.86. The molecule has 3 rings (SSSR count). The summed E-state index contributed by atoms with van der Waals surface area (Å²) in [5, 5.41) is 0. The van der Waals surface area contributed by atoms with Gasteiger partial charge in [0, 0.05) is 0 Å². The van der Waals surface area contributed by atoms with E-state index in [0.29, 0.717) is 0 Å². The van der Waals surface area contributed by atoms with Crippen molar-refractivity contribution in [1.82, 2.24) is 0 Å².